The van der Waals surface area contributed by atoms with Gasteiger partial charge in [-0.1, -0.05) is 0 Å². The van der Waals surface area contributed by atoms with Crippen molar-refractivity contribution in [3.8, 4) is 0 Å². The first-order valence-corrected chi connectivity index (χ1v) is 7.10. The van der Waals surface area contributed by atoms with Gasteiger partial charge in [0.1, 0.15) is 0 Å². The van der Waals surface area contributed by atoms with Crippen LogP contribution in [0.3, 0.4) is 0 Å². The van der Waals surface area contributed by atoms with Crippen molar-refractivity contribution in [1.82, 2.24) is 0 Å². The normalized spacial score (nSPS) is 14.6. The van der Waals surface area contributed by atoms with Crippen LogP contribution >= 0.6 is 9.16 Å². The van der Waals surface area contributed by atoms with Gasteiger partial charge >= 0.3 is 57.4 Å². The summed E-state index contributed by atoms with van der Waals surface area (Å²) in [5.74, 6) is -0.339. The molecule has 1 N–H and O–H groups in total. The third-order valence-corrected chi connectivity index (χ3v) is 2.30. The zero-order valence-corrected chi connectivity index (χ0v) is 7.40. The second-order valence-electron chi connectivity index (χ2n) is 4.50. The van der Waals surface area contributed by atoms with Gasteiger partial charge in [-0.2, -0.15) is 0 Å². The molecule has 0 aromatic heterocycles. The van der Waals surface area contributed by atoms with Gasteiger partial charge in [-0.25, -0.2) is 0 Å². The summed E-state index contributed by atoms with van der Waals surface area (Å²) in [7, 11) is -1.77. The third-order valence-electron chi connectivity index (χ3n) is 0.768. The van der Waals surface area contributed by atoms with Crippen LogP contribution in [0.2, 0.25) is 0 Å². The van der Waals surface area contributed by atoms with E-state index in [0.29, 0.717) is 5.75 Å². The summed E-state index contributed by atoms with van der Waals surface area (Å²) in [5, 5.41) is 8.45. The molecule has 0 atom stereocenters. The fraction of sp³-hybridized carbons (Fsp3) is 0.833. The van der Waals surface area contributed by atoms with Crippen molar-refractivity contribution in [2.45, 2.75) is 0 Å². The van der Waals surface area contributed by atoms with E-state index in [1.54, 1.807) is 0 Å². The molecule has 0 heterocycles. The summed E-state index contributed by atoms with van der Waals surface area (Å²) in [6.45, 7) is 0. The predicted octanol–water partition coefficient (Wildman–Crippen LogP) is 0.0143. The van der Waals surface area contributed by atoms with E-state index in [2.05, 4.69) is 25.0 Å². The first-order chi connectivity index (χ1) is 3.67. The zero-order valence-electron chi connectivity index (χ0n) is 6.51. The summed E-state index contributed by atoms with van der Waals surface area (Å²) in [5.41, 5.74) is 0. The van der Waals surface area contributed by atoms with Crippen molar-refractivity contribution >= 4 is 66.5 Å². The van der Waals surface area contributed by atoms with E-state index in [4.69, 9.17) is 5.11 Å². The maximum atomic E-state index is 10.3. The van der Waals surface area contributed by atoms with E-state index in [1.165, 1.54) is 0 Å². The fourth-order valence-electron chi connectivity index (χ4n) is 0.541. The number of carbonyl (C=O) groups is 1. The topological polar surface area (TPSA) is 37.3 Å². The van der Waals surface area contributed by atoms with Crippen LogP contribution in [0.25, 0.3) is 0 Å². The van der Waals surface area contributed by atoms with Crippen LogP contribution in [0, 0.1) is 0 Å². The molecule has 0 bridgehead atoms. The van der Waals surface area contributed by atoms with Gasteiger partial charge in [-0.3, -0.25) is 14.0 Å². The molecule has 0 amide bonds. The Morgan fingerprint density at radius 1 is 1.30 bits per heavy atom. The number of aliphatic carboxylic acids is 1. The number of hydrogen-bond acceptors (Lipinski definition) is 1. The molecule has 4 heteroatoms. The first-order valence-electron chi connectivity index (χ1n) is 2.89. The van der Waals surface area contributed by atoms with Gasteiger partial charge in [-0.05, 0) is 25.0 Å². The van der Waals surface area contributed by atoms with E-state index >= 15 is 0 Å². The fourth-order valence-corrected chi connectivity index (χ4v) is 1.62. The van der Waals surface area contributed by atoms with Gasteiger partial charge in [0.2, 0.25) is 0 Å². The average Bonchev–Trinajstić information content (AvgIpc) is 1.16. The van der Waals surface area contributed by atoms with Gasteiger partial charge in [0, 0.05) is 0 Å². The van der Waals surface area contributed by atoms with Crippen LogP contribution in [-0.4, -0.2) is 93.2 Å². The van der Waals surface area contributed by atoms with Crippen LogP contribution in [0.1, 0.15) is 0 Å². The van der Waals surface area contributed by atoms with Gasteiger partial charge < -0.3 is 5.11 Å². The summed E-state index contributed by atoms with van der Waals surface area (Å²) >= 11 is 0. The maximum absolute atomic E-state index is 10.3. The monoisotopic (exact) mass is 192 g/mol. The summed E-state index contributed by atoms with van der Waals surface area (Å²) in [6, 6.07) is 0. The molecule has 0 aromatic rings. The first kappa shape index (κ1) is 14.0. The van der Waals surface area contributed by atoms with Gasteiger partial charge in [-0.15, -0.1) is 0 Å². The summed E-state index contributed by atoms with van der Waals surface area (Å²) < 4.78 is 0. The molecular weight excluding hydrogens is 175 g/mol. The van der Waals surface area contributed by atoms with Crippen molar-refractivity contribution in [2.75, 3.05) is 30.8 Å². The Hall–Kier alpha value is 1.46. The molecule has 0 aliphatic heterocycles. The summed E-state index contributed by atoms with van der Waals surface area (Å²) in [4.78, 5) is 10.3. The molecule has 0 aliphatic rings. The third kappa shape index (κ3) is 12.2. The SMILES string of the molecule is C[SH](C)(C)(C)CC(=O)O.[KH]. The molecule has 2 nitrogen and oxygen atoms in total. The van der Waals surface area contributed by atoms with Crippen molar-refractivity contribution in [3.63, 3.8) is 0 Å². The van der Waals surface area contributed by atoms with Crippen LogP contribution in [0.15, 0.2) is 0 Å². The van der Waals surface area contributed by atoms with Crippen molar-refractivity contribution in [3.05, 3.63) is 0 Å². The molecule has 0 rings (SSSR count). The van der Waals surface area contributed by atoms with E-state index in [-0.39, 0.29) is 51.4 Å². The predicted molar refractivity (Wildman–Crippen MR) is 52.3 cm³/mol. The molecule has 0 aromatic carbocycles. The Labute approximate surface area is 105 Å². The molecule has 0 spiro atoms. The number of carboxylic acids is 1. The number of carboxylic acid groups (broad SMARTS) is 1. The van der Waals surface area contributed by atoms with Crippen LogP contribution < -0.4 is 0 Å². The van der Waals surface area contributed by atoms with E-state index in [1.807, 2.05) is 0 Å². The molecule has 0 radical (unpaired) electrons. The van der Waals surface area contributed by atoms with Gasteiger partial charge in [0.15, 0.2) is 0 Å². The van der Waals surface area contributed by atoms with Crippen molar-refractivity contribution in [1.29, 1.82) is 0 Å². The Morgan fingerprint density at radius 2 is 1.60 bits per heavy atom. The summed E-state index contributed by atoms with van der Waals surface area (Å²) in [6.07, 6.45) is 8.22. The van der Waals surface area contributed by atoms with Crippen LogP contribution in [-0.2, 0) is 4.79 Å². The molecular formula is C6H17KO2S. The second-order valence-corrected chi connectivity index (χ2v) is 12.7. The Morgan fingerprint density at radius 3 is 1.60 bits per heavy atom. The zero-order chi connectivity index (χ0) is 7.73. The molecule has 10 heavy (non-hydrogen) atoms. The quantitative estimate of drug-likeness (QED) is 0.478. The van der Waals surface area contributed by atoms with Crippen molar-refractivity contribution in [2.24, 2.45) is 0 Å². The Balaban J connectivity index is 0. The van der Waals surface area contributed by atoms with Crippen LogP contribution in [0.5, 0.6) is 0 Å². The number of hydrogen-bond donors (Lipinski definition) is 2. The van der Waals surface area contributed by atoms with Crippen molar-refractivity contribution < 1.29 is 9.90 Å². The van der Waals surface area contributed by atoms with Gasteiger partial charge in [0.05, 0.1) is 5.75 Å². The standard InChI is InChI=1S/C6H16O2S.K.H/c1-9(2,3,4)5-6(7)8;;/h9H,5H2,1-4H3,(H,7,8);;. The number of rotatable bonds is 2. The van der Waals surface area contributed by atoms with E-state index < -0.39 is 15.1 Å². The number of thiol groups is 1. The van der Waals surface area contributed by atoms with E-state index in [9.17, 15) is 4.79 Å². The Bertz CT molecular complexity index is 127. The molecule has 0 saturated carbocycles. The minimum absolute atomic E-state index is 0. The van der Waals surface area contributed by atoms with Gasteiger partial charge in [0.25, 0.3) is 0 Å². The Kier molecular flexibility index (Phi) is 5.48. The molecule has 0 aliphatic carbocycles. The average molecular weight is 192 g/mol. The minimum atomic E-state index is -1.77. The van der Waals surface area contributed by atoms with Crippen LogP contribution in [0.4, 0.5) is 0 Å². The molecule has 0 saturated heterocycles. The second kappa shape index (κ2) is 3.91. The molecule has 60 valence electrons. The molecule has 0 unspecified atom stereocenters. The molecule has 0 fully saturated rings. The van der Waals surface area contributed by atoms with E-state index in [0.717, 1.165) is 0 Å².